The molecule has 4 fully saturated rings. The fraction of sp³-hybridized carbons (Fsp3) is 0.850. The summed E-state index contributed by atoms with van der Waals surface area (Å²) in [4.78, 5) is 69.5. The summed E-state index contributed by atoms with van der Waals surface area (Å²) >= 11 is 0. The molecule has 17 heteroatoms. The number of hydrogen-bond donors (Lipinski definition) is 2. The number of carbonyl (C=O) groups excluding carboxylic acids is 6. The molecule has 12 atom stereocenters. The molecule has 1 heterocycles. The Morgan fingerprint density at radius 1 is 0.614 bits per heavy atom. The normalized spacial score (nSPS) is 29.6. The van der Waals surface area contributed by atoms with Crippen LogP contribution < -0.4 is 0 Å². The van der Waals surface area contributed by atoms with Gasteiger partial charge in [0.05, 0.1) is 37.6 Å². The summed E-state index contributed by atoms with van der Waals surface area (Å²) in [7, 11) is 0. The van der Waals surface area contributed by atoms with Crippen LogP contribution in [0.1, 0.15) is 132 Å². The van der Waals surface area contributed by atoms with Crippen molar-refractivity contribution in [2.75, 3.05) is 13.2 Å². The Hall–Kier alpha value is -3.38. The first kappa shape index (κ1) is 49.8. The first-order valence-electron chi connectivity index (χ1n) is 20.5. The lowest BCUT2D eigenvalue weighted by Gasteiger charge is -2.32. The van der Waals surface area contributed by atoms with E-state index >= 15 is 0 Å². The molecule has 3 aliphatic carbocycles. The van der Waals surface area contributed by atoms with Gasteiger partial charge in [0.2, 0.25) is 0 Å². The quantitative estimate of drug-likeness (QED) is 0.212. The maximum Gasteiger partial charge on any atom is 0.347 e. The molecule has 328 valence electrons. The molecular weight excluding hydrogens is 752 g/mol. The van der Waals surface area contributed by atoms with Gasteiger partial charge in [0.15, 0.2) is 30.5 Å². The van der Waals surface area contributed by atoms with Crippen LogP contribution in [0.2, 0.25) is 0 Å². The minimum absolute atomic E-state index is 0.180. The predicted molar refractivity (Wildman–Crippen MR) is 200 cm³/mol. The van der Waals surface area contributed by atoms with Gasteiger partial charge in [0.25, 0.3) is 0 Å². The third-order valence-electron chi connectivity index (χ3n) is 9.78. The van der Waals surface area contributed by atoms with Crippen molar-refractivity contribution < 1.29 is 81.6 Å². The molecule has 3 saturated carbocycles. The van der Waals surface area contributed by atoms with E-state index in [1.165, 1.54) is 20.8 Å². The van der Waals surface area contributed by atoms with Crippen LogP contribution in [-0.2, 0) is 71.4 Å². The Labute approximate surface area is 336 Å². The van der Waals surface area contributed by atoms with E-state index in [9.17, 15) is 39.0 Å². The van der Waals surface area contributed by atoms with Crippen LogP contribution in [0, 0.1) is 0 Å². The molecule has 10 unspecified atom stereocenters. The topological polar surface area (TPSA) is 226 Å². The predicted octanol–water partition coefficient (Wildman–Crippen LogP) is 3.57. The molecule has 0 aromatic heterocycles. The maximum absolute atomic E-state index is 11.8. The van der Waals surface area contributed by atoms with E-state index in [4.69, 9.17) is 42.6 Å². The van der Waals surface area contributed by atoms with Gasteiger partial charge in [0, 0.05) is 0 Å². The highest BCUT2D eigenvalue weighted by atomic mass is 16.6. The van der Waals surface area contributed by atoms with Crippen molar-refractivity contribution in [3.05, 3.63) is 0 Å². The molecule has 57 heavy (non-hydrogen) atoms. The molecule has 4 aliphatic rings. The lowest BCUT2D eigenvalue weighted by molar-refractivity contribution is -0.180. The number of aliphatic hydroxyl groups is 2. The van der Waals surface area contributed by atoms with Gasteiger partial charge in [-0.1, -0.05) is 25.7 Å². The molecule has 0 radical (unpaired) electrons. The van der Waals surface area contributed by atoms with Crippen LogP contribution in [0.4, 0.5) is 0 Å². The van der Waals surface area contributed by atoms with Gasteiger partial charge >= 0.3 is 35.8 Å². The summed E-state index contributed by atoms with van der Waals surface area (Å²) in [5.74, 6) is -3.25. The Morgan fingerprint density at radius 3 is 1.67 bits per heavy atom. The van der Waals surface area contributed by atoms with E-state index in [2.05, 4.69) is 0 Å². The smallest absolute Gasteiger partial charge is 0.347 e. The molecule has 17 nitrogen and oxygen atoms in total. The van der Waals surface area contributed by atoms with Gasteiger partial charge in [-0.15, -0.1) is 0 Å². The zero-order valence-corrected chi connectivity index (χ0v) is 34.8. The maximum atomic E-state index is 11.8. The Balaban J connectivity index is 0.000000296. The first-order chi connectivity index (χ1) is 27.0. The van der Waals surface area contributed by atoms with Crippen molar-refractivity contribution in [3.63, 3.8) is 0 Å². The minimum atomic E-state index is -1.15. The lowest BCUT2D eigenvalue weighted by Crippen LogP contribution is -2.41. The minimum Gasteiger partial charge on any atom is -0.464 e. The molecule has 0 aromatic carbocycles. The van der Waals surface area contributed by atoms with Gasteiger partial charge < -0.3 is 52.8 Å². The summed E-state index contributed by atoms with van der Waals surface area (Å²) < 4.78 is 47.0. The summed E-state index contributed by atoms with van der Waals surface area (Å²) in [5, 5.41) is 19.0. The molecule has 1 aliphatic heterocycles. The Kier molecular flexibility index (Phi) is 22.6. The van der Waals surface area contributed by atoms with Gasteiger partial charge in [-0.25, -0.2) is 28.8 Å². The van der Waals surface area contributed by atoms with Gasteiger partial charge in [-0.3, -0.25) is 0 Å². The van der Waals surface area contributed by atoms with E-state index in [-0.39, 0.29) is 31.0 Å². The van der Waals surface area contributed by atoms with Crippen molar-refractivity contribution in [2.24, 2.45) is 0 Å². The van der Waals surface area contributed by atoms with E-state index < -0.39 is 84.6 Å². The van der Waals surface area contributed by atoms with Crippen molar-refractivity contribution >= 4 is 35.8 Å². The molecule has 1 saturated heterocycles. The van der Waals surface area contributed by atoms with Crippen LogP contribution in [-0.4, -0.2) is 132 Å². The third-order valence-corrected chi connectivity index (χ3v) is 9.78. The number of rotatable bonds is 12. The Morgan fingerprint density at radius 2 is 1.09 bits per heavy atom. The number of cyclic esters (lactones) is 1. The second-order valence-electron chi connectivity index (χ2n) is 14.7. The number of aliphatic hydroxyl groups excluding tert-OH is 2. The molecule has 0 amide bonds. The number of carbonyl (C=O) groups is 6. The SMILES string of the molecule is CC1OC(=O)C(C)OC2CCCCC2OC1=O.CCOC(=O)C(C)OC(=O)C(C)OC1CCCC[C@@H]1O.CCOC(=O)C(C)OC1CCCC[C@@H]1OC(=O)C(C)O. The van der Waals surface area contributed by atoms with Crippen molar-refractivity contribution in [1.82, 2.24) is 0 Å². The van der Waals surface area contributed by atoms with Crippen LogP contribution in [0.5, 0.6) is 0 Å². The summed E-state index contributed by atoms with van der Waals surface area (Å²) in [6.45, 7) is 13.1. The molecule has 0 bridgehead atoms. The van der Waals surface area contributed by atoms with E-state index in [0.717, 1.165) is 64.2 Å². The number of fused-ring (bicyclic) bond motifs is 1. The highest BCUT2D eigenvalue weighted by Gasteiger charge is 2.37. The van der Waals surface area contributed by atoms with Gasteiger partial charge in [0.1, 0.15) is 18.3 Å². The van der Waals surface area contributed by atoms with Gasteiger partial charge in [-0.05, 0) is 107 Å². The largest absolute Gasteiger partial charge is 0.464 e. The van der Waals surface area contributed by atoms with E-state index in [1.54, 1.807) is 34.6 Å². The second kappa shape index (κ2) is 25.9. The van der Waals surface area contributed by atoms with Crippen molar-refractivity contribution in [1.29, 1.82) is 0 Å². The number of hydrogen-bond acceptors (Lipinski definition) is 17. The standard InChI is InChI=1S/2C14H24O6.C12H18O5/c1-4-18-13(16)9(2)20-14(17)10(3)19-12-8-6-5-7-11(12)15;1-4-18-14(17)10(3)19-11-7-5-6-8-12(11)20-13(16)9(2)15;1-7-11(13)16-8(2)12(14)17-10-6-4-3-5-9(10)15-7/h2*9-12,15H,4-8H2,1-3H3;7-10H,3-6H2,1-2H3/t9?,10?,11-,12?;9?,10?,11?,12-;/m00./s1. The highest BCUT2D eigenvalue weighted by Crippen LogP contribution is 2.28. The van der Waals surface area contributed by atoms with Crippen molar-refractivity contribution in [3.8, 4) is 0 Å². The van der Waals surface area contributed by atoms with Gasteiger partial charge in [-0.2, -0.15) is 0 Å². The molecule has 2 N–H and O–H groups in total. The fourth-order valence-electron chi connectivity index (χ4n) is 6.54. The molecule has 4 rings (SSSR count). The van der Waals surface area contributed by atoms with E-state index in [0.29, 0.717) is 19.4 Å². The second-order valence-corrected chi connectivity index (χ2v) is 14.7. The lowest BCUT2D eigenvalue weighted by atomic mass is 9.94. The fourth-order valence-corrected chi connectivity index (χ4v) is 6.54. The summed E-state index contributed by atoms with van der Waals surface area (Å²) in [6, 6.07) is 0. The third kappa shape index (κ3) is 17.6. The molecular formula is C40H66O17. The number of ether oxygens (including phenoxy) is 9. The summed E-state index contributed by atoms with van der Waals surface area (Å²) in [5.41, 5.74) is 0. The molecule has 0 aromatic rings. The monoisotopic (exact) mass is 818 g/mol. The number of esters is 6. The summed E-state index contributed by atoms with van der Waals surface area (Å²) in [6.07, 6.45) is 3.19. The average molecular weight is 819 g/mol. The Bertz CT molecular complexity index is 1270. The first-order valence-corrected chi connectivity index (χ1v) is 20.5. The van der Waals surface area contributed by atoms with Crippen LogP contribution in [0.25, 0.3) is 0 Å². The zero-order chi connectivity index (χ0) is 42.7. The van der Waals surface area contributed by atoms with Crippen LogP contribution in [0.15, 0.2) is 0 Å². The zero-order valence-electron chi connectivity index (χ0n) is 34.8. The highest BCUT2D eigenvalue weighted by molar-refractivity contribution is 5.81. The average Bonchev–Trinajstić information content (AvgIpc) is 3.20. The van der Waals surface area contributed by atoms with Crippen LogP contribution in [0.3, 0.4) is 0 Å². The van der Waals surface area contributed by atoms with Crippen LogP contribution >= 0.6 is 0 Å². The van der Waals surface area contributed by atoms with E-state index in [1.807, 2.05) is 0 Å². The van der Waals surface area contributed by atoms with Crippen molar-refractivity contribution in [2.45, 2.75) is 206 Å². The molecule has 0 spiro atoms.